The smallest absolute Gasteiger partial charge is 0.307 e. The van der Waals surface area contributed by atoms with E-state index in [0.717, 1.165) is 130 Å². The molecule has 0 unspecified atom stereocenters. The molecule has 480 valence electrons. The Morgan fingerprint density at radius 2 is 0.922 bits per heavy atom. The number of hydrogen-bond donors (Lipinski definition) is 8. The number of nitrogens with zero attached hydrogens (tertiary/aromatic N) is 3. The minimum atomic E-state index is -0.856. The first kappa shape index (κ1) is 70.9. The lowest BCUT2D eigenvalue weighted by Gasteiger charge is -2.30. The molecule has 0 bridgehead atoms. The molecule has 15 nitrogen and oxygen atoms in total. The Morgan fingerprint density at radius 3 is 1.39 bits per heavy atom. The van der Waals surface area contributed by atoms with E-state index >= 15 is 0 Å². The highest BCUT2D eigenvalue weighted by Gasteiger charge is 2.18. The molecular formula is C73H92Cl2N8O7. The van der Waals surface area contributed by atoms with E-state index in [1.807, 2.05) is 109 Å². The number of likely N-dealkylation sites (N-methyl/N-ethyl adjacent to an activating group) is 1. The molecule has 6 aromatic carbocycles. The van der Waals surface area contributed by atoms with Crippen LogP contribution in [0.2, 0.25) is 5.02 Å². The van der Waals surface area contributed by atoms with Gasteiger partial charge in [-0.2, -0.15) is 0 Å². The molecule has 17 heteroatoms. The predicted molar refractivity (Wildman–Crippen MR) is 374 cm³/mol. The molecule has 8 N–H and O–H groups in total. The largest absolute Gasteiger partial charge is 0.507 e. The Labute approximate surface area is 541 Å². The van der Waals surface area contributed by atoms with Gasteiger partial charge in [-0.15, -0.1) is 12.4 Å². The molecule has 5 aromatic heterocycles. The van der Waals surface area contributed by atoms with E-state index in [1.165, 1.54) is 22.1 Å². The van der Waals surface area contributed by atoms with Gasteiger partial charge in [-0.3, -0.25) is 19.4 Å². The van der Waals surface area contributed by atoms with E-state index in [1.54, 1.807) is 37.7 Å². The van der Waals surface area contributed by atoms with E-state index in [9.17, 15) is 19.8 Å². The minimum absolute atomic E-state index is 0. The van der Waals surface area contributed by atoms with E-state index in [2.05, 4.69) is 121 Å². The zero-order chi connectivity index (χ0) is 64.1. The number of carbonyl (C=O) groups is 2. The number of ether oxygens (including phenoxy) is 2. The van der Waals surface area contributed by atoms with Crippen LogP contribution in [0.25, 0.3) is 54.5 Å². The van der Waals surface area contributed by atoms with Gasteiger partial charge in [0.2, 0.25) is 0 Å². The quantitative estimate of drug-likeness (QED) is 0.0302. The molecule has 0 atom stereocenters. The molecule has 0 aliphatic carbocycles. The van der Waals surface area contributed by atoms with Crippen LogP contribution >= 0.6 is 24.0 Å². The number of carboxylic acids is 1. The van der Waals surface area contributed by atoms with Crippen LogP contribution in [0.1, 0.15) is 107 Å². The summed E-state index contributed by atoms with van der Waals surface area (Å²) in [6, 6.07) is 40.7. The number of aromatic hydroxyl groups is 2. The Kier molecular flexibility index (Phi) is 27.3. The summed E-state index contributed by atoms with van der Waals surface area (Å²) in [5.41, 5.74) is 11.1. The van der Waals surface area contributed by atoms with Crippen molar-refractivity contribution < 1.29 is 34.4 Å². The topological polar surface area (TPSA) is 202 Å². The van der Waals surface area contributed by atoms with Crippen molar-refractivity contribution in [2.24, 2.45) is 0 Å². The number of carboxylic acid groups (broad SMARTS) is 1. The zero-order valence-electron chi connectivity index (χ0n) is 54.0. The lowest BCUT2D eigenvalue weighted by molar-refractivity contribution is -0.136. The third kappa shape index (κ3) is 18.7. The first-order chi connectivity index (χ1) is 42.9. The lowest BCUT2D eigenvalue weighted by Crippen LogP contribution is -2.38. The van der Waals surface area contributed by atoms with Gasteiger partial charge in [0.25, 0.3) is 0 Å². The maximum Gasteiger partial charge on any atom is 0.307 e. The summed E-state index contributed by atoms with van der Waals surface area (Å²) < 4.78 is 11.3. The Hall–Kier alpha value is -8.18. The fourth-order valence-electron chi connectivity index (χ4n) is 11.6. The third-order valence-corrected chi connectivity index (χ3v) is 16.5. The normalized spacial score (nSPS) is 11.3. The fraction of sp³-hybridized carbons (Fsp3) is 0.342. The molecule has 0 fully saturated rings. The maximum absolute atomic E-state index is 11.0. The van der Waals surface area contributed by atoms with Gasteiger partial charge in [0.05, 0.1) is 23.9 Å². The van der Waals surface area contributed by atoms with Crippen LogP contribution in [-0.4, -0.2) is 131 Å². The van der Waals surface area contributed by atoms with Crippen molar-refractivity contribution >= 4 is 90.8 Å². The first-order valence-electron chi connectivity index (χ1n) is 31.0. The highest BCUT2D eigenvalue weighted by molar-refractivity contribution is 6.35. The van der Waals surface area contributed by atoms with Gasteiger partial charge in [-0.05, 0) is 176 Å². The molecule has 11 aromatic rings. The molecule has 90 heavy (non-hydrogen) atoms. The number of carbonyl (C=O) groups excluding carboxylic acids is 1. The Bertz CT molecular complexity index is 3850. The highest BCUT2D eigenvalue weighted by Crippen LogP contribution is 2.33. The average Bonchev–Trinajstić information content (AvgIpc) is 2.69. The molecule has 0 amide bonds. The van der Waals surface area contributed by atoms with E-state index < -0.39 is 5.97 Å². The van der Waals surface area contributed by atoms with Gasteiger partial charge in [-0.1, -0.05) is 86.1 Å². The summed E-state index contributed by atoms with van der Waals surface area (Å²) in [7, 11) is 1.73. The molecule has 5 heterocycles. The SMILES string of the molecule is CC(C)N(CCc1c[nH]c2cccc(O)c12)C(C)C.CC(C)N(CCc1c[nH]c2cccc(O)c12)C(C)C.CCN(CC)CCc1c[nH]c2cccc(OC)c12.Cl.O=C(O)Cc1c[nH]c2cccc(Cl)c12.O=Cc1c[nH]c2cccc(OCc3ccccc3)c12. The van der Waals surface area contributed by atoms with Crippen molar-refractivity contribution in [1.29, 1.82) is 0 Å². The van der Waals surface area contributed by atoms with E-state index in [0.29, 0.717) is 52.9 Å². The summed E-state index contributed by atoms with van der Waals surface area (Å²) in [5, 5.41) is 34.1. The second-order valence-corrected chi connectivity index (χ2v) is 23.6. The van der Waals surface area contributed by atoms with Gasteiger partial charge in [-0.25, -0.2) is 0 Å². The molecule has 11 rings (SSSR count). The van der Waals surface area contributed by atoms with Crippen molar-refractivity contribution in [1.82, 2.24) is 39.6 Å². The number of aldehydes is 1. The van der Waals surface area contributed by atoms with E-state index in [-0.39, 0.29) is 18.8 Å². The number of aromatic nitrogens is 5. The predicted octanol–water partition coefficient (Wildman–Crippen LogP) is 16.6. The first-order valence-corrected chi connectivity index (χ1v) is 31.4. The molecule has 0 saturated heterocycles. The van der Waals surface area contributed by atoms with Gasteiger partial charge < -0.3 is 54.6 Å². The number of nitrogens with one attached hydrogen (secondary N) is 5. The van der Waals surface area contributed by atoms with Crippen LogP contribution in [0.3, 0.4) is 0 Å². The van der Waals surface area contributed by atoms with Crippen molar-refractivity contribution in [2.45, 2.75) is 126 Å². The average molecular weight is 1260 g/mol. The molecule has 0 saturated carbocycles. The van der Waals surface area contributed by atoms with Crippen LogP contribution in [-0.2, 0) is 37.1 Å². The zero-order valence-corrected chi connectivity index (χ0v) is 55.6. The number of halogens is 2. The summed E-state index contributed by atoms with van der Waals surface area (Å²) in [6.45, 7) is 28.1. The van der Waals surface area contributed by atoms with Crippen molar-refractivity contribution in [3.8, 4) is 23.0 Å². The maximum atomic E-state index is 11.0. The summed E-state index contributed by atoms with van der Waals surface area (Å²) in [6.07, 6.45) is 13.3. The number of phenolic OH excluding ortho intramolecular Hbond substituents is 2. The van der Waals surface area contributed by atoms with Crippen LogP contribution < -0.4 is 9.47 Å². The van der Waals surface area contributed by atoms with Gasteiger partial charge in [0.1, 0.15) is 29.6 Å². The Morgan fingerprint density at radius 1 is 0.511 bits per heavy atom. The number of rotatable bonds is 22. The monoisotopic (exact) mass is 1260 g/mol. The van der Waals surface area contributed by atoms with E-state index in [4.69, 9.17) is 26.2 Å². The number of phenols is 2. The molecule has 0 aliphatic heterocycles. The third-order valence-electron chi connectivity index (χ3n) is 16.2. The van der Waals surface area contributed by atoms with Crippen LogP contribution in [0.5, 0.6) is 23.0 Å². The number of hydrogen-bond acceptors (Lipinski definition) is 9. The number of benzene rings is 6. The Balaban J connectivity index is 0.000000179. The second kappa shape index (κ2) is 34.7. The number of H-pyrrole nitrogens is 5. The summed E-state index contributed by atoms with van der Waals surface area (Å²) >= 11 is 5.97. The van der Waals surface area contributed by atoms with Crippen molar-refractivity contribution in [3.05, 3.63) is 191 Å². The second-order valence-electron chi connectivity index (χ2n) is 23.2. The molecule has 0 spiro atoms. The van der Waals surface area contributed by atoms with Crippen LogP contribution in [0.4, 0.5) is 0 Å². The van der Waals surface area contributed by atoms with Crippen LogP contribution in [0, 0.1) is 0 Å². The number of fused-ring (bicyclic) bond motifs is 5. The van der Waals surface area contributed by atoms with Crippen molar-refractivity contribution in [3.63, 3.8) is 0 Å². The molecule has 0 radical (unpaired) electrons. The van der Waals surface area contributed by atoms with Crippen molar-refractivity contribution in [2.75, 3.05) is 39.8 Å². The minimum Gasteiger partial charge on any atom is -0.507 e. The molecular weight excluding hydrogens is 1170 g/mol. The standard InChI is InChI=1S/2C16H24N2O.C16H13NO2.C15H22N2O.C10H8ClNO2.ClH/c2*1-11(2)18(12(3)4)9-8-13-10-17-14-6-5-7-15(19)16(13)14;18-10-13-9-17-14-7-4-8-15(16(13)14)19-11-12-5-2-1-3-6-12;1-4-17(5-2)10-9-12-11-16-13-7-6-8-14(18-3)15(12)13;11-7-2-1-3-8-10(7)6(5-12-8)4-9(13)14;/h2*5-7,10-12,17,19H,8-9H2,1-4H3;1-10,17H,11H2;6-8,11,16H,4-5,9-10H2,1-3H3;1-3,5,12H,4H2,(H,13,14);1H. The van der Waals surface area contributed by atoms with Crippen LogP contribution in [0.15, 0.2) is 152 Å². The number of aliphatic carboxylic acids is 1. The number of aromatic amines is 5. The van der Waals surface area contributed by atoms with Gasteiger partial charge >= 0.3 is 5.97 Å². The van der Waals surface area contributed by atoms with Gasteiger partial charge in [0.15, 0.2) is 6.29 Å². The lowest BCUT2D eigenvalue weighted by atomic mass is 10.1. The fourth-order valence-corrected chi connectivity index (χ4v) is 11.9. The molecule has 0 aliphatic rings. The summed E-state index contributed by atoms with van der Waals surface area (Å²) in [4.78, 5) is 44.8. The number of methoxy groups -OCH3 is 1. The van der Waals surface area contributed by atoms with Gasteiger partial charge in [0, 0.05) is 129 Å². The highest BCUT2D eigenvalue weighted by atomic mass is 35.5. The summed E-state index contributed by atoms with van der Waals surface area (Å²) in [5.74, 6) is 1.57.